The van der Waals surface area contributed by atoms with Gasteiger partial charge in [-0.05, 0) is 147 Å². The predicted octanol–water partition coefficient (Wildman–Crippen LogP) is 17.4. The molecule has 0 bridgehead atoms. The van der Waals surface area contributed by atoms with Crippen LogP contribution in [0.3, 0.4) is 0 Å². The molecule has 3 heterocycles. The molecule has 1 atom stereocenters. The van der Waals surface area contributed by atoms with E-state index in [9.17, 15) is 0 Å². The third kappa shape index (κ3) is 7.06. The summed E-state index contributed by atoms with van der Waals surface area (Å²) in [5.74, 6) is 0.856. The van der Waals surface area contributed by atoms with Crippen molar-refractivity contribution in [3.8, 4) is 67.1 Å². The third-order valence-corrected chi connectivity index (χ3v) is 13.1. The first-order valence-electron chi connectivity index (χ1n) is 22.6. The minimum atomic E-state index is 0.856. The summed E-state index contributed by atoms with van der Waals surface area (Å²) in [6.45, 7) is 1.92. The highest BCUT2D eigenvalue weighted by molar-refractivity contribution is 7.15. The molecule has 0 spiro atoms. The Morgan fingerprint density at radius 1 is 0.313 bits per heavy atom. The van der Waals surface area contributed by atoms with E-state index < -0.39 is 0 Å². The summed E-state index contributed by atoms with van der Waals surface area (Å²) in [6, 6.07) is 78.0. The number of furan rings is 2. The van der Waals surface area contributed by atoms with E-state index in [2.05, 4.69) is 220 Å². The van der Waals surface area contributed by atoms with E-state index in [-0.39, 0.29) is 0 Å². The molecular formula is C62H44NO3P. The Morgan fingerprint density at radius 3 is 1.30 bits per heavy atom. The Labute approximate surface area is 390 Å². The van der Waals surface area contributed by atoms with Crippen molar-refractivity contribution in [3.05, 3.63) is 218 Å². The number of benzene rings is 10. The normalized spacial score (nSPS) is 11.5. The first-order valence-corrected chi connectivity index (χ1v) is 23.7. The number of ether oxygens (including phenoxy) is 1. The van der Waals surface area contributed by atoms with E-state index in [1.807, 2.05) is 18.8 Å². The van der Waals surface area contributed by atoms with Gasteiger partial charge in [0.05, 0.1) is 18.1 Å². The van der Waals surface area contributed by atoms with Crippen LogP contribution in [0.4, 0.5) is 0 Å². The molecule has 0 saturated heterocycles. The van der Waals surface area contributed by atoms with Gasteiger partial charge in [0.25, 0.3) is 0 Å². The predicted molar refractivity (Wildman–Crippen MR) is 285 cm³/mol. The van der Waals surface area contributed by atoms with Gasteiger partial charge in [-0.3, -0.25) is 0 Å². The van der Waals surface area contributed by atoms with Gasteiger partial charge in [-0.15, -0.1) is 9.24 Å². The average Bonchev–Trinajstić information content (AvgIpc) is 4.08. The van der Waals surface area contributed by atoms with Crippen molar-refractivity contribution in [2.45, 2.75) is 0 Å². The Morgan fingerprint density at radius 2 is 0.701 bits per heavy atom. The lowest BCUT2D eigenvalue weighted by atomic mass is 9.96. The average molecular weight is 882 g/mol. The van der Waals surface area contributed by atoms with Crippen LogP contribution >= 0.6 is 9.24 Å². The fraction of sp³-hybridized carbons (Fsp3) is 0.0323. The Kier molecular flexibility index (Phi) is 10.0. The van der Waals surface area contributed by atoms with Crippen LogP contribution < -0.4 is 4.74 Å². The molecular weight excluding hydrogens is 838 g/mol. The van der Waals surface area contributed by atoms with E-state index in [0.717, 1.165) is 83.1 Å². The van der Waals surface area contributed by atoms with Crippen molar-refractivity contribution in [1.82, 2.24) is 4.57 Å². The largest absolute Gasteiger partial charge is 0.497 e. The summed E-state index contributed by atoms with van der Waals surface area (Å²) in [5, 5.41) is 6.81. The molecule has 1 unspecified atom stereocenters. The quantitative estimate of drug-likeness (QED) is 0.150. The van der Waals surface area contributed by atoms with Crippen molar-refractivity contribution in [2.24, 2.45) is 0 Å². The van der Waals surface area contributed by atoms with Crippen LogP contribution in [-0.2, 0) is 0 Å². The molecule has 0 fully saturated rings. The number of hydrogen-bond acceptors (Lipinski definition) is 3. The van der Waals surface area contributed by atoms with Gasteiger partial charge in [-0.2, -0.15) is 0 Å². The summed E-state index contributed by atoms with van der Waals surface area (Å²) in [6.07, 6.45) is 0. The molecule has 4 nitrogen and oxygen atoms in total. The van der Waals surface area contributed by atoms with Crippen LogP contribution in [0.15, 0.2) is 227 Å². The summed E-state index contributed by atoms with van der Waals surface area (Å²) < 4.78 is 20.6. The Bertz CT molecular complexity index is 3970. The zero-order valence-corrected chi connectivity index (χ0v) is 38.2. The molecule has 13 rings (SSSR count). The van der Waals surface area contributed by atoms with Crippen LogP contribution in [0.2, 0.25) is 0 Å². The number of methoxy groups -OCH3 is 1. The van der Waals surface area contributed by atoms with E-state index in [1.165, 1.54) is 49.6 Å². The maximum absolute atomic E-state index is 6.47. The summed E-state index contributed by atoms with van der Waals surface area (Å²) in [4.78, 5) is 0. The molecule has 0 radical (unpaired) electrons. The van der Waals surface area contributed by atoms with Gasteiger partial charge < -0.3 is 18.1 Å². The van der Waals surface area contributed by atoms with Gasteiger partial charge in [-0.25, -0.2) is 0 Å². The molecule has 13 aromatic rings. The monoisotopic (exact) mass is 881 g/mol. The van der Waals surface area contributed by atoms with Gasteiger partial charge in [-0.1, -0.05) is 134 Å². The first-order chi connectivity index (χ1) is 33.1. The smallest absolute Gasteiger partial charge is 0.135 e. The number of hydrogen-bond donors (Lipinski definition) is 0. The van der Waals surface area contributed by atoms with Crippen LogP contribution in [0.1, 0.15) is 0 Å². The fourth-order valence-electron chi connectivity index (χ4n) is 9.80. The molecule has 320 valence electrons. The SMILES string of the molecule is COc1ccc(-c2ccc(-c3cccc(-c4ccc5oc6ccc(-c7ccc8oc9ccc(-n%10c%11ccccc%11c%11cc(-c%12ccccc%12)ccc%11%10)cc9c8c7)cc6c5c4)c3)cc2)cc1.CP. The molecule has 0 saturated carbocycles. The third-order valence-electron chi connectivity index (χ3n) is 13.1. The molecule has 3 aromatic heterocycles. The van der Waals surface area contributed by atoms with Gasteiger partial charge in [0.15, 0.2) is 0 Å². The van der Waals surface area contributed by atoms with Crippen molar-refractivity contribution >= 4 is 74.9 Å². The summed E-state index contributed by atoms with van der Waals surface area (Å²) in [7, 11) is 4.11. The lowest BCUT2D eigenvalue weighted by Crippen LogP contribution is -1.93. The second-order valence-corrected chi connectivity index (χ2v) is 16.9. The fourth-order valence-corrected chi connectivity index (χ4v) is 9.80. The molecule has 0 aliphatic carbocycles. The zero-order valence-electron chi connectivity index (χ0n) is 37.0. The van der Waals surface area contributed by atoms with E-state index in [0.29, 0.717) is 0 Å². The second kappa shape index (κ2) is 16.7. The van der Waals surface area contributed by atoms with Gasteiger partial charge in [0.2, 0.25) is 0 Å². The van der Waals surface area contributed by atoms with Crippen LogP contribution in [0, 0.1) is 0 Å². The maximum Gasteiger partial charge on any atom is 0.135 e. The standard InChI is InChI=1S/C61H39NO3.CH5P/c1-63-49-25-18-40(19-26-49)39-14-16-41(17-15-39)42-10-7-11-43(32-42)45-21-28-58-52(34-45)53-35-46(22-29-59(53)64-58)47-23-30-60-54(36-47)55-37-48(24-31-61(55)65-60)62-56-13-6-5-12-50(56)51-33-44(20-27-57(51)62)38-8-3-2-4-9-38;1-2/h2-37H,1H3;2H2,1H3. The molecule has 0 aliphatic heterocycles. The second-order valence-electron chi connectivity index (χ2n) is 16.9. The van der Waals surface area contributed by atoms with Crippen LogP contribution in [0.5, 0.6) is 5.75 Å². The van der Waals surface area contributed by atoms with E-state index in [4.69, 9.17) is 13.6 Å². The first kappa shape index (κ1) is 40.3. The molecule has 0 amide bonds. The molecule has 0 aliphatic rings. The topological polar surface area (TPSA) is 40.4 Å². The van der Waals surface area contributed by atoms with Crippen LogP contribution in [0.25, 0.3) is 127 Å². The van der Waals surface area contributed by atoms with Gasteiger partial charge in [0.1, 0.15) is 28.1 Å². The number of nitrogens with zero attached hydrogens (tertiary/aromatic N) is 1. The van der Waals surface area contributed by atoms with Crippen molar-refractivity contribution < 1.29 is 13.6 Å². The van der Waals surface area contributed by atoms with Crippen molar-refractivity contribution in [3.63, 3.8) is 0 Å². The number of aromatic nitrogens is 1. The number of fused-ring (bicyclic) bond motifs is 9. The number of rotatable bonds is 7. The highest BCUT2D eigenvalue weighted by atomic mass is 31.0. The van der Waals surface area contributed by atoms with E-state index in [1.54, 1.807) is 7.11 Å². The summed E-state index contributed by atoms with van der Waals surface area (Å²) >= 11 is 0. The minimum absolute atomic E-state index is 0.856. The zero-order chi connectivity index (χ0) is 45.0. The van der Waals surface area contributed by atoms with Crippen molar-refractivity contribution in [1.29, 1.82) is 0 Å². The van der Waals surface area contributed by atoms with Crippen molar-refractivity contribution in [2.75, 3.05) is 13.8 Å². The van der Waals surface area contributed by atoms with E-state index >= 15 is 0 Å². The van der Waals surface area contributed by atoms with Gasteiger partial charge >= 0.3 is 0 Å². The van der Waals surface area contributed by atoms with Crippen LogP contribution in [-0.4, -0.2) is 18.3 Å². The molecule has 10 aromatic carbocycles. The highest BCUT2D eigenvalue weighted by Crippen LogP contribution is 2.40. The molecule has 0 N–H and O–H groups in total. The summed E-state index contributed by atoms with van der Waals surface area (Å²) in [5.41, 5.74) is 18.6. The highest BCUT2D eigenvalue weighted by Gasteiger charge is 2.17. The maximum atomic E-state index is 6.47. The minimum Gasteiger partial charge on any atom is -0.497 e. The lowest BCUT2D eigenvalue weighted by Gasteiger charge is -2.09. The Balaban J connectivity index is 0.00000231. The molecule has 5 heteroatoms. The Hall–Kier alpha value is -8.17. The van der Waals surface area contributed by atoms with Gasteiger partial charge in [0, 0.05) is 38.0 Å². The lowest BCUT2D eigenvalue weighted by molar-refractivity contribution is 0.415. The molecule has 67 heavy (non-hydrogen) atoms. The number of para-hydroxylation sites is 1.